The standard InChI is InChI=1S/C14H28N2O/c1-3-13-7-9-16(8-6-12(2)15-13)14-5-4-10-17-11-14/h12-15H,3-11H2,1-2H3. The van der Waals surface area contributed by atoms with Crippen LogP contribution in [-0.2, 0) is 4.74 Å². The van der Waals surface area contributed by atoms with E-state index in [0.717, 1.165) is 13.2 Å². The average molecular weight is 240 g/mol. The molecule has 0 spiro atoms. The summed E-state index contributed by atoms with van der Waals surface area (Å²) in [7, 11) is 0. The summed E-state index contributed by atoms with van der Waals surface area (Å²) in [5, 5.41) is 3.73. The second-order valence-corrected chi connectivity index (χ2v) is 5.66. The topological polar surface area (TPSA) is 24.5 Å². The smallest absolute Gasteiger partial charge is 0.0621 e. The van der Waals surface area contributed by atoms with Crippen LogP contribution >= 0.6 is 0 Å². The molecule has 0 aliphatic carbocycles. The molecule has 3 unspecified atom stereocenters. The lowest BCUT2D eigenvalue weighted by atomic mass is 10.0. The van der Waals surface area contributed by atoms with E-state index in [1.54, 1.807) is 0 Å². The molecule has 0 bridgehead atoms. The first-order valence-electron chi connectivity index (χ1n) is 7.37. The van der Waals surface area contributed by atoms with Gasteiger partial charge in [0.05, 0.1) is 6.61 Å². The molecular formula is C14H28N2O. The molecule has 3 atom stereocenters. The number of hydrogen-bond acceptors (Lipinski definition) is 3. The highest BCUT2D eigenvalue weighted by Crippen LogP contribution is 2.17. The van der Waals surface area contributed by atoms with Crippen molar-refractivity contribution in [2.24, 2.45) is 0 Å². The first-order chi connectivity index (χ1) is 8.29. The van der Waals surface area contributed by atoms with E-state index in [2.05, 4.69) is 24.1 Å². The fraction of sp³-hybridized carbons (Fsp3) is 1.00. The molecule has 0 amide bonds. The van der Waals surface area contributed by atoms with Crippen LogP contribution in [0.25, 0.3) is 0 Å². The Balaban J connectivity index is 1.88. The minimum Gasteiger partial charge on any atom is -0.380 e. The molecular weight excluding hydrogens is 212 g/mol. The zero-order valence-electron chi connectivity index (χ0n) is 11.5. The number of ether oxygens (including phenoxy) is 1. The highest BCUT2D eigenvalue weighted by molar-refractivity contribution is 4.81. The summed E-state index contributed by atoms with van der Waals surface area (Å²) in [6, 6.07) is 2.05. The van der Waals surface area contributed by atoms with E-state index in [0.29, 0.717) is 18.1 Å². The molecule has 2 aliphatic heterocycles. The van der Waals surface area contributed by atoms with Crippen LogP contribution in [0.2, 0.25) is 0 Å². The van der Waals surface area contributed by atoms with Crippen LogP contribution in [0.3, 0.4) is 0 Å². The van der Waals surface area contributed by atoms with Crippen molar-refractivity contribution in [2.75, 3.05) is 26.3 Å². The Labute approximate surface area is 106 Å². The van der Waals surface area contributed by atoms with Crippen molar-refractivity contribution >= 4 is 0 Å². The molecule has 0 aromatic carbocycles. The second kappa shape index (κ2) is 6.72. The Bertz CT molecular complexity index is 216. The minimum atomic E-state index is 0.659. The first-order valence-corrected chi connectivity index (χ1v) is 7.37. The number of hydrogen-bond donors (Lipinski definition) is 1. The third kappa shape index (κ3) is 3.94. The van der Waals surface area contributed by atoms with Crippen molar-refractivity contribution in [1.29, 1.82) is 0 Å². The number of rotatable bonds is 2. The maximum Gasteiger partial charge on any atom is 0.0621 e. The SMILES string of the molecule is CCC1CCN(C2CCCOC2)CCC(C)N1. The van der Waals surface area contributed by atoms with E-state index in [9.17, 15) is 0 Å². The predicted octanol–water partition coefficient (Wildman–Crippen LogP) is 2.02. The molecule has 17 heavy (non-hydrogen) atoms. The monoisotopic (exact) mass is 240 g/mol. The van der Waals surface area contributed by atoms with Crippen molar-refractivity contribution in [3.05, 3.63) is 0 Å². The Morgan fingerprint density at radius 3 is 2.76 bits per heavy atom. The minimum absolute atomic E-state index is 0.659. The predicted molar refractivity (Wildman–Crippen MR) is 71.3 cm³/mol. The molecule has 2 saturated heterocycles. The van der Waals surface area contributed by atoms with E-state index in [4.69, 9.17) is 4.74 Å². The van der Waals surface area contributed by atoms with Gasteiger partial charge in [-0.05, 0) is 45.6 Å². The van der Waals surface area contributed by atoms with Crippen LogP contribution in [0, 0.1) is 0 Å². The number of nitrogens with one attached hydrogen (secondary N) is 1. The lowest BCUT2D eigenvalue weighted by Crippen LogP contribution is -2.49. The number of nitrogens with zero attached hydrogens (tertiary/aromatic N) is 1. The van der Waals surface area contributed by atoms with Gasteiger partial charge in [0.2, 0.25) is 0 Å². The second-order valence-electron chi connectivity index (χ2n) is 5.66. The van der Waals surface area contributed by atoms with Crippen LogP contribution < -0.4 is 5.32 Å². The molecule has 3 nitrogen and oxygen atoms in total. The van der Waals surface area contributed by atoms with Crippen LogP contribution in [0.5, 0.6) is 0 Å². The maximum atomic E-state index is 5.63. The van der Waals surface area contributed by atoms with Crippen molar-refractivity contribution in [3.63, 3.8) is 0 Å². The van der Waals surface area contributed by atoms with E-state index in [1.807, 2.05) is 0 Å². The van der Waals surface area contributed by atoms with Gasteiger partial charge in [-0.25, -0.2) is 0 Å². The molecule has 0 aromatic rings. The lowest BCUT2D eigenvalue weighted by molar-refractivity contribution is 0.0124. The van der Waals surface area contributed by atoms with Gasteiger partial charge in [-0.1, -0.05) is 6.92 Å². The Morgan fingerprint density at radius 1 is 1.24 bits per heavy atom. The first kappa shape index (κ1) is 13.3. The van der Waals surface area contributed by atoms with Gasteiger partial charge < -0.3 is 10.1 Å². The Morgan fingerprint density at radius 2 is 2.06 bits per heavy atom. The summed E-state index contributed by atoms with van der Waals surface area (Å²) in [6.07, 6.45) is 6.38. The summed E-state index contributed by atoms with van der Waals surface area (Å²) < 4.78 is 5.63. The van der Waals surface area contributed by atoms with Gasteiger partial charge >= 0.3 is 0 Å². The highest BCUT2D eigenvalue weighted by Gasteiger charge is 2.24. The quantitative estimate of drug-likeness (QED) is 0.799. The van der Waals surface area contributed by atoms with Crippen molar-refractivity contribution in [3.8, 4) is 0 Å². The van der Waals surface area contributed by atoms with Gasteiger partial charge in [-0.2, -0.15) is 0 Å². The molecule has 0 saturated carbocycles. The summed E-state index contributed by atoms with van der Waals surface area (Å²) in [6.45, 7) is 9.02. The zero-order chi connectivity index (χ0) is 12.1. The van der Waals surface area contributed by atoms with Gasteiger partial charge in [-0.15, -0.1) is 0 Å². The van der Waals surface area contributed by atoms with Crippen molar-refractivity contribution in [2.45, 2.75) is 64.1 Å². The lowest BCUT2D eigenvalue weighted by Gasteiger charge is -2.38. The molecule has 2 aliphatic rings. The summed E-state index contributed by atoms with van der Waals surface area (Å²) >= 11 is 0. The van der Waals surface area contributed by atoms with Crippen LogP contribution in [0.15, 0.2) is 0 Å². The van der Waals surface area contributed by atoms with E-state index in [-0.39, 0.29) is 0 Å². The van der Waals surface area contributed by atoms with Crippen molar-refractivity contribution < 1.29 is 4.74 Å². The zero-order valence-corrected chi connectivity index (χ0v) is 11.5. The molecule has 3 heteroatoms. The van der Waals surface area contributed by atoms with E-state index < -0.39 is 0 Å². The van der Waals surface area contributed by atoms with Gasteiger partial charge in [0.15, 0.2) is 0 Å². The third-order valence-electron chi connectivity index (χ3n) is 4.28. The average Bonchev–Trinajstić information content (AvgIpc) is 2.35. The molecule has 0 radical (unpaired) electrons. The van der Waals surface area contributed by atoms with Gasteiger partial charge in [-0.3, -0.25) is 4.90 Å². The third-order valence-corrected chi connectivity index (χ3v) is 4.28. The molecule has 2 fully saturated rings. The fourth-order valence-electron chi connectivity index (χ4n) is 3.06. The maximum absolute atomic E-state index is 5.63. The van der Waals surface area contributed by atoms with E-state index >= 15 is 0 Å². The fourth-order valence-corrected chi connectivity index (χ4v) is 3.06. The van der Waals surface area contributed by atoms with E-state index in [1.165, 1.54) is 45.2 Å². The van der Waals surface area contributed by atoms with Gasteiger partial charge in [0, 0.05) is 31.3 Å². The van der Waals surface area contributed by atoms with Gasteiger partial charge in [0.1, 0.15) is 0 Å². The van der Waals surface area contributed by atoms with Crippen molar-refractivity contribution in [1.82, 2.24) is 10.2 Å². The summed E-state index contributed by atoms with van der Waals surface area (Å²) in [4.78, 5) is 2.68. The summed E-state index contributed by atoms with van der Waals surface area (Å²) in [5.41, 5.74) is 0. The molecule has 2 rings (SSSR count). The summed E-state index contributed by atoms with van der Waals surface area (Å²) in [5.74, 6) is 0. The van der Waals surface area contributed by atoms with Crippen LogP contribution in [0.4, 0.5) is 0 Å². The van der Waals surface area contributed by atoms with Crippen LogP contribution in [0.1, 0.15) is 46.0 Å². The molecule has 0 aromatic heterocycles. The molecule has 2 heterocycles. The van der Waals surface area contributed by atoms with Crippen LogP contribution in [-0.4, -0.2) is 49.3 Å². The largest absolute Gasteiger partial charge is 0.380 e. The molecule has 1 N–H and O–H groups in total. The Hall–Kier alpha value is -0.120. The highest BCUT2D eigenvalue weighted by atomic mass is 16.5. The normalized spacial score (nSPS) is 37.4. The van der Waals surface area contributed by atoms with Gasteiger partial charge in [0.25, 0.3) is 0 Å². The molecule has 100 valence electrons. The Kier molecular flexibility index (Phi) is 5.26.